The van der Waals surface area contributed by atoms with Crippen molar-refractivity contribution in [1.82, 2.24) is 9.55 Å². The summed E-state index contributed by atoms with van der Waals surface area (Å²) in [5, 5.41) is 12.8. The van der Waals surface area contributed by atoms with E-state index in [1.54, 1.807) is 55.6 Å². The fraction of sp³-hybridized carbons (Fsp3) is 0.167. The predicted molar refractivity (Wildman–Crippen MR) is 169 cm³/mol. The van der Waals surface area contributed by atoms with Crippen LogP contribution in [0.2, 0.25) is 0 Å². The maximum atomic E-state index is 14.0. The number of nitrogens with zero attached hydrogens (tertiary/aromatic N) is 1. The van der Waals surface area contributed by atoms with Crippen molar-refractivity contribution in [2.45, 2.75) is 18.5 Å². The van der Waals surface area contributed by atoms with Gasteiger partial charge in [-0.25, -0.2) is 4.79 Å². The Kier molecular flexibility index (Phi) is 8.04. The highest BCUT2D eigenvalue weighted by Crippen LogP contribution is 2.42. The number of ether oxygens (including phenoxy) is 2. The molecule has 0 saturated heterocycles. The van der Waals surface area contributed by atoms with Crippen molar-refractivity contribution in [1.29, 1.82) is 0 Å². The molecular weight excluding hydrogens is 597 g/mol. The smallest absolute Gasteiger partial charge is 0.416 e. The lowest BCUT2D eigenvalue weighted by Crippen LogP contribution is -2.25. The lowest BCUT2D eigenvalue weighted by Gasteiger charge is -2.22. The third-order valence-corrected chi connectivity index (χ3v) is 8.22. The Morgan fingerprint density at radius 3 is 2.28 bits per heavy atom. The Morgan fingerprint density at radius 1 is 0.913 bits per heavy atom. The molecule has 6 aromatic rings. The number of rotatable bonds is 8. The number of aromatic hydroxyl groups is 1. The van der Waals surface area contributed by atoms with E-state index in [1.165, 1.54) is 23.8 Å². The van der Waals surface area contributed by atoms with Gasteiger partial charge in [-0.05, 0) is 53.6 Å². The minimum atomic E-state index is -4.56. The van der Waals surface area contributed by atoms with Crippen LogP contribution in [0.4, 0.5) is 13.2 Å². The molecule has 6 rings (SSSR count). The van der Waals surface area contributed by atoms with Crippen LogP contribution in [0.5, 0.6) is 11.5 Å². The first kappa shape index (κ1) is 30.5. The van der Waals surface area contributed by atoms with Crippen LogP contribution in [0, 0.1) is 0 Å². The fourth-order valence-electron chi connectivity index (χ4n) is 5.98. The molecule has 0 aliphatic heterocycles. The molecule has 4 aromatic carbocycles. The summed E-state index contributed by atoms with van der Waals surface area (Å²) in [5.41, 5.74) is 1.64. The number of para-hydroxylation sites is 3. The monoisotopic (exact) mass is 626 g/mol. The second-order valence-corrected chi connectivity index (χ2v) is 10.8. The summed E-state index contributed by atoms with van der Waals surface area (Å²) in [6, 6.07) is 25.5. The quantitative estimate of drug-likeness (QED) is 0.173. The number of aromatic nitrogens is 2. The molecule has 10 heteroatoms. The van der Waals surface area contributed by atoms with Gasteiger partial charge in [-0.1, -0.05) is 54.6 Å². The Morgan fingerprint density at radius 2 is 1.57 bits per heavy atom. The number of halogens is 3. The van der Waals surface area contributed by atoms with E-state index in [0.29, 0.717) is 39.0 Å². The Hall–Kier alpha value is -5.51. The average molecular weight is 627 g/mol. The number of esters is 1. The fourth-order valence-corrected chi connectivity index (χ4v) is 5.98. The molecule has 7 nitrogen and oxygen atoms in total. The van der Waals surface area contributed by atoms with Crippen molar-refractivity contribution in [3.8, 4) is 11.5 Å². The maximum absolute atomic E-state index is 14.0. The number of H-pyrrole nitrogens is 1. The van der Waals surface area contributed by atoms with Gasteiger partial charge in [-0.15, -0.1) is 0 Å². The minimum Gasteiger partial charge on any atom is -0.507 e. The maximum Gasteiger partial charge on any atom is 0.416 e. The number of methoxy groups -OCH3 is 1. The molecule has 0 aliphatic carbocycles. The highest BCUT2D eigenvalue weighted by atomic mass is 19.4. The summed E-state index contributed by atoms with van der Waals surface area (Å²) < 4.78 is 53.0. The number of benzene rings is 4. The lowest BCUT2D eigenvalue weighted by molar-refractivity contribution is -0.137. The Bertz CT molecular complexity index is 2130. The molecular formula is C36H29F3N2O5. The van der Waals surface area contributed by atoms with Crippen LogP contribution in [0.3, 0.4) is 0 Å². The van der Waals surface area contributed by atoms with E-state index >= 15 is 0 Å². The third-order valence-electron chi connectivity index (χ3n) is 8.22. The molecule has 0 amide bonds. The number of alkyl halides is 3. The number of hydrogen-bond donors (Lipinski definition) is 2. The van der Waals surface area contributed by atoms with Gasteiger partial charge in [0.1, 0.15) is 17.1 Å². The summed E-state index contributed by atoms with van der Waals surface area (Å²) in [6.07, 6.45) is -4.36. The van der Waals surface area contributed by atoms with E-state index in [2.05, 4.69) is 4.98 Å². The van der Waals surface area contributed by atoms with Crippen LogP contribution in [0.25, 0.3) is 21.8 Å². The van der Waals surface area contributed by atoms with Gasteiger partial charge in [-0.2, -0.15) is 13.2 Å². The molecule has 2 N–H and O–H groups in total. The van der Waals surface area contributed by atoms with E-state index in [1.807, 2.05) is 24.3 Å². The predicted octanol–water partition coefficient (Wildman–Crippen LogP) is 7.33. The van der Waals surface area contributed by atoms with Crippen molar-refractivity contribution < 1.29 is 32.5 Å². The zero-order chi connectivity index (χ0) is 32.6. The number of carbonyl (C=O) groups is 1. The second-order valence-electron chi connectivity index (χ2n) is 10.8. The Labute approximate surface area is 261 Å². The van der Waals surface area contributed by atoms with E-state index in [0.717, 1.165) is 17.5 Å². The molecule has 0 spiro atoms. The van der Waals surface area contributed by atoms with Gasteiger partial charge in [0.05, 0.1) is 36.3 Å². The summed E-state index contributed by atoms with van der Waals surface area (Å²) in [7, 11) is 3.04. The van der Waals surface area contributed by atoms with Crippen LogP contribution >= 0.6 is 0 Å². The lowest BCUT2D eigenvalue weighted by atomic mass is 9.84. The van der Waals surface area contributed by atoms with E-state index < -0.39 is 29.2 Å². The van der Waals surface area contributed by atoms with Crippen LogP contribution in [-0.4, -0.2) is 34.3 Å². The molecule has 1 unspecified atom stereocenters. The van der Waals surface area contributed by atoms with Crippen LogP contribution < -0.4 is 10.3 Å². The molecule has 0 radical (unpaired) electrons. The SMILES string of the molecule is COc1ccccc1C(=O)OCCc1c(C(c2ccc(C(F)(F)F)cc2)c2c(O)c3ccccc3n(C)c2=O)[nH]c2ccccc12. The number of hydrogen-bond acceptors (Lipinski definition) is 5. The molecule has 2 heterocycles. The van der Waals surface area contributed by atoms with Gasteiger partial charge in [0.25, 0.3) is 5.56 Å². The number of aryl methyl sites for hydroxylation is 1. The summed E-state index contributed by atoms with van der Waals surface area (Å²) in [6.45, 7) is -0.0484. The molecule has 2 aromatic heterocycles. The number of carbonyl (C=O) groups excluding carboxylic acids is 1. The van der Waals surface area contributed by atoms with Crippen LogP contribution in [-0.2, 0) is 24.4 Å². The van der Waals surface area contributed by atoms with Crippen molar-refractivity contribution >= 4 is 27.8 Å². The Balaban J connectivity index is 1.51. The first-order valence-electron chi connectivity index (χ1n) is 14.5. The first-order valence-corrected chi connectivity index (χ1v) is 14.5. The minimum absolute atomic E-state index is 0.000202. The zero-order valence-corrected chi connectivity index (χ0v) is 24.9. The standard InChI is InChI=1S/C36H29F3N2O5/c1-41-28-13-7-4-10-25(28)33(42)31(34(41)43)30(21-15-17-22(18-16-21)36(37,38)39)32-24(23-9-3-6-12-27(23)40-32)19-20-46-35(44)26-11-5-8-14-29(26)45-2/h3-18,30,40,42H,19-20H2,1-2H3. The summed E-state index contributed by atoms with van der Waals surface area (Å²) >= 11 is 0. The van der Waals surface area contributed by atoms with Crippen molar-refractivity contribution in [2.24, 2.45) is 7.05 Å². The van der Waals surface area contributed by atoms with Crippen molar-refractivity contribution in [2.75, 3.05) is 13.7 Å². The largest absolute Gasteiger partial charge is 0.507 e. The molecule has 0 aliphatic rings. The molecule has 1 atom stereocenters. The first-order chi connectivity index (χ1) is 22.1. The molecule has 0 saturated carbocycles. The molecule has 234 valence electrons. The topological polar surface area (TPSA) is 93.6 Å². The van der Waals surface area contributed by atoms with Gasteiger partial charge < -0.3 is 24.1 Å². The number of pyridine rings is 1. The summed E-state index contributed by atoms with van der Waals surface area (Å²) in [5.74, 6) is -1.49. The normalized spacial score (nSPS) is 12.4. The zero-order valence-electron chi connectivity index (χ0n) is 24.9. The van der Waals surface area contributed by atoms with E-state index in [9.17, 15) is 27.9 Å². The highest BCUT2D eigenvalue weighted by molar-refractivity contribution is 5.92. The van der Waals surface area contributed by atoms with Crippen LogP contribution in [0.1, 0.15) is 44.2 Å². The highest BCUT2D eigenvalue weighted by Gasteiger charge is 2.33. The number of aromatic amines is 1. The van der Waals surface area contributed by atoms with E-state index in [-0.39, 0.29) is 29.9 Å². The van der Waals surface area contributed by atoms with Gasteiger partial charge in [0, 0.05) is 35.5 Å². The number of fused-ring (bicyclic) bond motifs is 2. The van der Waals surface area contributed by atoms with Gasteiger partial charge in [-0.3, -0.25) is 4.79 Å². The molecule has 0 bridgehead atoms. The van der Waals surface area contributed by atoms with Crippen molar-refractivity contribution in [3.63, 3.8) is 0 Å². The third kappa shape index (κ3) is 5.47. The van der Waals surface area contributed by atoms with Crippen LogP contribution in [0.15, 0.2) is 102 Å². The average Bonchev–Trinajstić information content (AvgIpc) is 3.43. The van der Waals surface area contributed by atoms with Gasteiger partial charge >= 0.3 is 12.1 Å². The summed E-state index contributed by atoms with van der Waals surface area (Å²) in [4.78, 5) is 30.3. The number of nitrogens with one attached hydrogen (secondary N) is 1. The van der Waals surface area contributed by atoms with Gasteiger partial charge in [0.2, 0.25) is 0 Å². The molecule has 0 fully saturated rings. The molecule has 46 heavy (non-hydrogen) atoms. The van der Waals surface area contributed by atoms with E-state index in [4.69, 9.17) is 9.47 Å². The van der Waals surface area contributed by atoms with Crippen molar-refractivity contribution in [3.05, 3.63) is 141 Å². The van der Waals surface area contributed by atoms with Gasteiger partial charge in [0.15, 0.2) is 0 Å². The second kappa shape index (κ2) is 12.1.